The second-order valence-corrected chi connectivity index (χ2v) is 11.4. The third kappa shape index (κ3) is 9.08. The highest BCUT2D eigenvalue weighted by molar-refractivity contribution is 5.85. The van der Waals surface area contributed by atoms with E-state index in [1.807, 2.05) is 54.6 Å². The summed E-state index contributed by atoms with van der Waals surface area (Å²) in [6.07, 6.45) is -0.218. The standard InChI is InChI=1S/C35H41N5O7/c1-24-27(22-36-35(43)46-20-17-40-15-18-45-19-16-40)11-14-29-31(24)33(42)47-34(37-29)38-30(21-25-9-12-28(44-3)13-10-25)32(41)39(2)23-26-7-5-4-6-8-26/h4-14,30H,15-23H2,1-3H3,(H,36,43)(H,37,38)/t30-/m0/s1. The number of rotatable bonds is 13. The van der Waals surface area contributed by atoms with Crippen LogP contribution in [0.25, 0.3) is 10.9 Å². The lowest BCUT2D eigenvalue weighted by Crippen LogP contribution is -2.42. The molecule has 0 aliphatic carbocycles. The van der Waals surface area contributed by atoms with E-state index in [-0.39, 0.29) is 25.1 Å². The number of hydrogen-bond donors (Lipinski definition) is 2. The van der Waals surface area contributed by atoms with E-state index in [2.05, 4.69) is 20.5 Å². The molecule has 0 saturated carbocycles. The smallest absolute Gasteiger partial charge is 0.407 e. The molecule has 47 heavy (non-hydrogen) atoms. The SMILES string of the molecule is COc1ccc(C[C@H](Nc2nc3ccc(CNC(=O)OCCN4CCOCC4)c(C)c3c(=O)o2)C(=O)N(C)Cc2ccccc2)cc1. The lowest BCUT2D eigenvalue weighted by atomic mass is 10.0. The Balaban J connectivity index is 1.28. The van der Waals surface area contributed by atoms with E-state index < -0.39 is 17.8 Å². The Bertz CT molecular complexity index is 1710. The third-order valence-electron chi connectivity index (χ3n) is 8.17. The first-order chi connectivity index (χ1) is 22.8. The molecule has 1 atom stereocenters. The van der Waals surface area contributed by atoms with E-state index in [0.717, 1.165) is 29.8 Å². The van der Waals surface area contributed by atoms with Gasteiger partial charge in [0.25, 0.3) is 6.01 Å². The maximum absolute atomic E-state index is 13.7. The summed E-state index contributed by atoms with van der Waals surface area (Å²) in [5.41, 5.74) is 3.05. The number of carbonyl (C=O) groups excluding carboxylic acids is 2. The normalized spacial score (nSPS) is 13.9. The van der Waals surface area contributed by atoms with E-state index in [1.165, 1.54) is 0 Å². The minimum atomic E-state index is -0.774. The van der Waals surface area contributed by atoms with Crippen molar-refractivity contribution < 1.29 is 28.2 Å². The Morgan fingerprint density at radius 2 is 1.77 bits per heavy atom. The van der Waals surface area contributed by atoms with Crippen LogP contribution in [0.2, 0.25) is 0 Å². The fourth-order valence-corrected chi connectivity index (χ4v) is 5.47. The van der Waals surface area contributed by atoms with Crippen molar-refractivity contribution in [3.05, 3.63) is 99.4 Å². The number of aryl methyl sites for hydroxylation is 1. The molecule has 5 rings (SSSR count). The quantitative estimate of drug-likeness (QED) is 0.222. The summed E-state index contributed by atoms with van der Waals surface area (Å²) >= 11 is 0. The largest absolute Gasteiger partial charge is 0.497 e. The van der Waals surface area contributed by atoms with Crippen LogP contribution in [0, 0.1) is 6.92 Å². The number of anilines is 1. The highest BCUT2D eigenvalue weighted by Crippen LogP contribution is 2.21. The van der Waals surface area contributed by atoms with Crippen molar-refractivity contribution in [2.24, 2.45) is 0 Å². The minimum absolute atomic E-state index is 0.0587. The molecule has 0 spiro atoms. The van der Waals surface area contributed by atoms with Crippen molar-refractivity contribution in [2.75, 3.05) is 58.9 Å². The number of fused-ring (bicyclic) bond motifs is 1. The lowest BCUT2D eigenvalue weighted by Gasteiger charge is -2.26. The molecule has 12 nitrogen and oxygen atoms in total. The first kappa shape index (κ1) is 33.4. The van der Waals surface area contributed by atoms with E-state index in [1.54, 1.807) is 38.1 Å². The van der Waals surface area contributed by atoms with E-state index in [0.29, 0.717) is 54.9 Å². The van der Waals surface area contributed by atoms with Crippen LogP contribution in [0.1, 0.15) is 22.3 Å². The molecule has 1 fully saturated rings. The van der Waals surface area contributed by atoms with E-state index in [4.69, 9.17) is 18.6 Å². The average Bonchev–Trinajstić information content (AvgIpc) is 3.08. The van der Waals surface area contributed by atoms with Crippen LogP contribution in [-0.4, -0.2) is 86.4 Å². The van der Waals surface area contributed by atoms with E-state index >= 15 is 0 Å². The molecule has 0 bridgehead atoms. The fourth-order valence-electron chi connectivity index (χ4n) is 5.47. The molecule has 2 amide bonds. The monoisotopic (exact) mass is 643 g/mol. The summed E-state index contributed by atoms with van der Waals surface area (Å²) in [6.45, 7) is 6.28. The van der Waals surface area contributed by atoms with Crippen LogP contribution < -0.4 is 21.0 Å². The van der Waals surface area contributed by atoms with Crippen LogP contribution in [0.15, 0.2) is 75.9 Å². The molecular formula is C35H41N5O7. The van der Waals surface area contributed by atoms with Gasteiger partial charge in [0.2, 0.25) is 5.91 Å². The molecule has 0 radical (unpaired) electrons. The Hall–Kier alpha value is -4.94. The number of aromatic nitrogens is 1. The number of nitrogens with zero attached hydrogens (tertiary/aromatic N) is 3. The second-order valence-electron chi connectivity index (χ2n) is 11.4. The van der Waals surface area contributed by atoms with Crippen molar-refractivity contribution in [1.82, 2.24) is 20.1 Å². The van der Waals surface area contributed by atoms with Gasteiger partial charge in [-0.25, -0.2) is 9.59 Å². The van der Waals surface area contributed by atoms with Crippen LogP contribution >= 0.6 is 0 Å². The van der Waals surface area contributed by atoms with Gasteiger partial charge in [0, 0.05) is 46.2 Å². The molecule has 1 aliphatic rings. The molecule has 2 heterocycles. The van der Waals surface area contributed by atoms with Crippen LogP contribution in [0.5, 0.6) is 5.75 Å². The van der Waals surface area contributed by atoms with Crippen molar-refractivity contribution in [3.63, 3.8) is 0 Å². The summed E-state index contributed by atoms with van der Waals surface area (Å²) < 4.78 is 21.6. The van der Waals surface area contributed by atoms with Gasteiger partial charge in [-0.1, -0.05) is 48.5 Å². The minimum Gasteiger partial charge on any atom is -0.497 e. The lowest BCUT2D eigenvalue weighted by molar-refractivity contribution is -0.131. The molecule has 2 N–H and O–H groups in total. The van der Waals surface area contributed by atoms with E-state index in [9.17, 15) is 14.4 Å². The molecule has 1 saturated heterocycles. The summed E-state index contributed by atoms with van der Waals surface area (Å²) in [7, 11) is 3.33. The third-order valence-corrected chi connectivity index (χ3v) is 8.17. The number of alkyl carbamates (subject to hydrolysis) is 1. The summed E-state index contributed by atoms with van der Waals surface area (Å²) in [4.78, 5) is 47.7. The fraction of sp³-hybridized carbons (Fsp3) is 0.371. The second kappa shape index (κ2) is 16.1. The number of morpholine rings is 1. The van der Waals surface area contributed by atoms with Crippen LogP contribution in [0.4, 0.5) is 10.8 Å². The van der Waals surface area contributed by atoms with Crippen molar-refractivity contribution >= 4 is 28.9 Å². The highest BCUT2D eigenvalue weighted by atomic mass is 16.5. The Morgan fingerprint density at radius 1 is 1.02 bits per heavy atom. The van der Waals surface area contributed by atoms with Crippen LogP contribution in [-0.2, 0) is 33.8 Å². The van der Waals surface area contributed by atoms with Crippen molar-refractivity contribution in [3.8, 4) is 5.75 Å². The molecule has 0 unspecified atom stereocenters. The van der Waals surface area contributed by atoms with Crippen LogP contribution in [0.3, 0.4) is 0 Å². The maximum atomic E-state index is 13.7. The predicted molar refractivity (Wildman–Crippen MR) is 177 cm³/mol. The molecular weight excluding hydrogens is 602 g/mol. The highest BCUT2D eigenvalue weighted by Gasteiger charge is 2.25. The summed E-state index contributed by atoms with van der Waals surface area (Å²) in [6, 6.07) is 19.8. The topological polar surface area (TPSA) is 135 Å². The summed E-state index contributed by atoms with van der Waals surface area (Å²) in [5, 5.41) is 6.14. The van der Waals surface area contributed by atoms with Gasteiger partial charge in [-0.2, -0.15) is 4.98 Å². The molecule has 3 aromatic carbocycles. The molecule has 248 valence electrons. The molecule has 12 heteroatoms. The Morgan fingerprint density at radius 3 is 2.49 bits per heavy atom. The zero-order valence-corrected chi connectivity index (χ0v) is 27.0. The van der Waals surface area contributed by atoms with Gasteiger partial charge >= 0.3 is 11.7 Å². The maximum Gasteiger partial charge on any atom is 0.407 e. The number of ether oxygens (including phenoxy) is 3. The summed E-state index contributed by atoms with van der Waals surface area (Å²) in [5.74, 6) is 0.516. The van der Waals surface area contributed by atoms with Gasteiger partial charge in [-0.05, 0) is 47.4 Å². The number of nitrogens with one attached hydrogen (secondary N) is 2. The number of amides is 2. The Labute approximate surface area is 273 Å². The van der Waals surface area contributed by atoms with Crippen molar-refractivity contribution in [2.45, 2.75) is 32.5 Å². The number of carbonyl (C=O) groups is 2. The average molecular weight is 644 g/mol. The zero-order valence-electron chi connectivity index (χ0n) is 27.0. The molecule has 1 aliphatic heterocycles. The molecule has 1 aromatic heterocycles. The van der Waals surface area contributed by atoms with Gasteiger partial charge in [0.15, 0.2) is 0 Å². The number of hydrogen-bond acceptors (Lipinski definition) is 10. The zero-order chi connectivity index (χ0) is 33.2. The number of methoxy groups -OCH3 is 1. The van der Waals surface area contributed by atoms with Gasteiger partial charge in [-0.3, -0.25) is 9.69 Å². The van der Waals surface area contributed by atoms with Gasteiger partial charge < -0.3 is 34.2 Å². The number of likely N-dealkylation sites (N-methyl/N-ethyl adjacent to an activating group) is 1. The molecule has 4 aromatic rings. The number of benzene rings is 3. The van der Waals surface area contributed by atoms with Crippen molar-refractivity contribution in [1.29, 1.82) is 0 Å². The van der Waals surface area contributed by atoms with Gasteiger partial charge in [0.05, 0.1) is 31.2 Å². The van der Waals surface area contributed by atoms with Gasteiger partial charge in [-0.15, -0.1) is 0 Å². The predicted octanol–water partition coefficient (Wildman–Crippen LogP) is 3.75. The first-order valence-electron chi connectivity index (χ1n) is 15.6. The first-order valence-corrected chi connectivity index (χ1v) is 15.6. The Kier molecular flexibility index (Phi) is 11.4. The van der Waals surface area contributed by atoms with Gasteiger partial charge in [0.1, 0.15) is 18.4 Å².